The molecule has 90 valence electrons. The van der Waals surface area contributed by atoms with Gasteiger partial charge in [-0.05, 0) is 31.1 Å². The molecule has 0 unspecified atom stereocenters. The van der Waals surface area contributed by atoms with Crippen molar-refractivity contribution in [3.05, 3.63) is 18.3 Å². The summed E-state index contributed by atoms with van der Waals surface area (Å²) in [6.45, 7) is 0. The number of anilines is 1. The Hall–Kier alpha value is -1.69. The molecule has 0 aromatic carbocycles. The fraction of sp³-hybridized carbons (Fsp3) is 0.364. The van der Waals surface area contributed by atoms with Crippen molar-refractivity contribution in [2.75, 3.05) is 12.4 Å². The first-order valence-corrected chi connectivity index (χ1v) is 5.70. The highest BCUT2D eigenvalue weighted by Gasteiger charge is 2.30. The van der Waals surface area contributed by atoms with Gasteiger partial charge in [-0.3, -0.25) is 9.69 Å². The molecule has 1 aromatic heterocycles. The summed E-state index contributed by atoms with van der Waals surface area (Å²) in [5.41, 5.74) is 0.739. The lowest BCUT2D eigenvalue weighted by molar-refractivity contribution is -0.115. The summed E-state index contributed by atoms with van der Waals surface area (Å²) in [7, 11) is 1.56. The molecule has 1 N–H and O–H groups in total. The zero-order chi connectivity index (χ0) is 12.3. The number of nitrogens with one attached hydrogen (secondary N) is 1. The number of hydrogen-bond acceptors (Lipinski definition) is 4. The molecule has 0 bridgehead atoms. The van der Waals surface area contributed by atoms with E-state index in [1.807, 2.05) is 0 Å². The van der Waals surface area contributed by atoms with Crippen LogP contribution in [0, 0.1) is 0 Å². The van der Waals surface area contributed by atoms with Gasteiger partial charge in [0.1, 0.15) is 0 Å². The average molecular weight is 251 g/mol. The van der Waals surface area contributed by atoms with Crippen molar-refractivity contribution >= 4 is 29.4 Å². The lowest BCUT2D eigenvalue weighted by Gasteiger charge is -2.18. The standard InChI is InChI=1S/C11H13N3O2S/c1-16-10-5-2-8(6-12-10)13-11(17)14(7-15)9-3-4-9/h2,5-7,9H,3-4H2,1H3,(H,13,17). The van der Waals surface area contributed by atoms with Crippen LogP contribution < -0.4 is 10.1 Å². The van der Waals surface area contributed by atoms with Crippen molar-refractivity contribution in [1.29, 1.82) is 0 Å². The maximum absolute atomic E-state index is 10.9. The summed E-state index contributed by atoms with van der Waals surface area (Å²) >= 11 is 5.16. The molecular formula is C11H13N3O2S. The Morgan fingerprint density at radius 3 is 2.88 bits per heavy atom. The normalized spacial score (nSPS) is 13.9. The summed E-state index contributed by atoms with van der Waals surface area (Å²) in [4.78, 5) is 16.5. The van der Waals surface area contributed by atoms with Gasteiger partial charge in [0.15, 0.2) is 5.11 Å². The molecule has 6 heteroatoms. The second-order valence-corrected chi connectivity index (χ2v) is 4.15. The predicted octanol–water partition coefficient (Wildman–Crippen LogP) is 1.41. The molecule has 1 aliphatic rings. The zero-order valence-corrected chi connectivity index (χ0v) is 10.2. The second kappa shape index (κ2) is 5.09. The van der Waals surface area contributed by atoms with Gasteiger partial charge in [0.25, 0.3) is 0 Å². The fourth-order valence-corrected chi connectivity index (χ4v) is 1.73. The first-order chi connectivity index (χ1) is 8.24. The summed E-state index contributed by atoms with van der Waals surface area (Å²) in [6, 6.07) is 3.79. The largest absolute Gasteiger partial charge is 0.481 e. The minimum Gasteiger partial charge on any atom is -0.481 e. The van der Waals surface area contributed by atoms with Gasteiger partial charge in [0, 0.05) is 12.1 Å². The SMILES string of the molecule is COc1ccc(NC(=S)N(C=O)C2CC2)cn1. The first-order valence-electron chi connectivity index (χ1n) is 5.29. The maximum atomic E-state index is 10.9. The average Bonchev–Trinajstić information content (AvgIpc) is 3.15. The number of ether oxygens (including phenoxy) is 1. The molecule has 1 aromatic rings. The smallest absolute Gasteiger partial charge is 0.216 e. The van der Waals surface area contributed by atoms with Crippen LogP contribution in [0.5, 0.6) is 5.88 Å². The Morgan fingerprint density at radius 2 is 2.41 bits per heavy atom. The van der Waals surface area contributed by atoms with Gasteiger partial charge in [-0.2, -0.15) is 0 Å². The summed E-state index contributed by atoms with van der Waals surface area (Å²) in [6.07, 6.45) is 4.41. The Morgan fingerprint density at radius 1 is 1.65 bits per heavy atom. The topological polar surface area (TPSA) is 54.5 Å². The number of amides is 1. The molecule has 1 fully saturated rings. The molecular weight excluding hydrogens is 238 g/mol. The molecule has 17 heavy (non-hydrogen) atoms. The Kier molecular flexibility index (Phi) is 3.53. The minimum atomic E-state index is 0.263. The number of hydrogen-bond donors (Lipinski definition) is 1. The van der Waals surface area contributed by atoms with Gasteiger partial charge < -0.3 is 10.1 Å². The summed E-state index contributed by atoms with van der Waals surface area (Å²) in [5.74, 6) is 0.538. The minimum absolute atomic E-state index is 0.263. The molecule has 0 saturated heterocycles. The third-order valence-electron chi connectivity index (χ3n) is 2.49. The first kappa shape index (κ1) is 11.8. The van der Waals surface area contributed by atoms with Crippen LogP contribution in [0.1, 0.15) is 12.8 Å². The maximum Gasteiger partial charge on any atom is 0.216 e. The van der Waals surface area contributed by atoms with E-state index in [4.69, 9.17) is 17.0 Å². The van der Waals surface area contributed by atoms with Crippen LogP contribution in [0.3, 0.4) is 0 Å². The number of pyridine rings is 1. The molecule has 0 radical (unpaired) electrons. The highest BCUT2D eigenvalue weighted by atomic mass is 32.1. The van der Waals surface area contributed by atoms with Crippen LogP contribution in [0.25, 0.3) is 0 Å². The van der Waals surface area contributed by atoms with Gasteiger partial charge in [0.05, 0.1) is 19.0 Å². The Bertz CT molecular complexity index is 417. The van der Waals surface area contributed by atoms with Gasteiger partial charge in [0.2, 0.25) is 12.3 Å². The van der Waals surface area contributed by atoms with E-state index in [1.54, 1.807) is 30.3 Å². The van der Waals surface area contributed by atoms with Crippen LogP contribution in [0.15, 0.2) is 18.3 Å². The molecule has 0 aliphatic heterocycles. The molecule has 1 saturated carbocycles. The van der Waals surface area contributed by atoms with Crippen LogP contribution in [0.2, 0.25) is 0 Å². The number of thiocarbonyl (C=S) groups is 1. The highest BCUT2D eigenvalue weighted by Crippen LogP contribution is 2.26. The third-order valence-corrected chi connectivity index (χ3v) is 2.80. The lowest BCUT2D eigenvalue weighted by Crippen LogP contribution is -2.35. The molecule has 2 rings (SSSR count). The predicted molar refractivity (Wildman–Crippen MR) is 67.9 cm³/mol. The number of methoxy groups -OCH3 is 1. The van der Waals surface area contributed by atoms with Crippen molar-refractivity contribution in [3.8, 4) is 5.88 Å². The van der Waals surface area contributed by atoms with Crippen molar-refractivity contribution in [1.82, 2.24) is 9.88 Å². The van der Waals surface area contributed by atoms with Crippen LogP contribution >= 0.6 is 12.2 Å². The summed E-state index contributed by atoms with van der Waals surface area (Å²) < 4.78 is 4.95. The van der Waals surface area contributed by atoms with E-state index in [-0.39, 0.29) is 6.04 Å². The quantitative estimate of drug-likeness (QED) is 0.647. The number of carbonyl (C=O) groups excluding carboxylic acids is 1. The molecule has 0 atom stereocenters. The van der Waals surface area contributed by atoms with Gasteiger partial charge in [-0.25, -0.2) is 4.98 Å². The Balaban J connectivity index is 1.98. The van der Waals surface area contributed by atoms with Crippen molar-refractivity contribution in [2.24, 2.45) is 0 Å². The van der Waals surface area contributed by atoms with Crippen molar-refractivity contribution in [3.63, 3.8) is 0 Å². The van der Waals surface area contributed by atoms with Crippen molar-refractivity contribution < 1.29 is 9.53 Å². The molecule has 1 aliphatic carbocycles. The monoisotopic (exact) mass is 251 g/mol. The van der Waals surface area contributed by atoms with Crippen LogP contribution in [0.4, 0.5) is 5.69 Å². The summed E-state index contributed by atoms with van der Waals surface area (Å²) in [5, 5.41) is 3.39. The van der Waals surface area contributed by atoms with E-state index >= 15 is 0 Å². The lowest BCUT2D eigenvalue weighted by atomic mass is 10.4. The van der Waals surface area contributed by atoms with E-state index < -0.39 is 0 Å². The zero-order valence-electron chi connectivity index (χ0n) is 9.42. The molecule has 1 amide bonds. The fourth-order valence-electron chi connectivity index (χ4n) is 1.42. The molecule has 0 spiro atoms. The van der Waals surface area contributed by atoms with Gasteiger partial charge in [-0.15, -0.1) is 0 Å². The van der Waals surface area contributed by atoms with Crippen LogP contribution in [-0.4, -0.2) is 34.6 Å². The van der Waals surface area contributed by atoms with E-state index in [2.05, 4.69) is 10.3 Å². The van der Waals surface area contributed by atoms with Gasteiger partial charge >= 0.3 is 0 Å². The second-order valence-electron chi connectivity index (χ2n) is 3.76. The van der Waals surface area contributed by atoms with Gasteiger partial charge in [-0.1, -0.05) is 0 Å². The third kappa shape index (κ3) is 2.91. The number of nitrogens with zero attached hydrogens (tertiary/aromatic N) is 2. The number of aromatic nitrogens is 1. The number of rotatable bonds is 4. The number of carbonyl (C=O) groups is 1. The van der Waals surface area contributed by atoms with E-state index in [1.165, 1.54) is 0 Å². The van der Waals surface area contributed by atoms with Crippen LogP contribution in [-0.2, 0) is 4.79 Å². The van der Waals surface area contributed by atoms with E-state index in [0.717, 1.165) is 24.9 Å². The molecule has 5 nitrogen and oxygen atoms in total. The van der Waals surface area contributed by atoms with E-state index in [0.29, 0.717) is 11.0 Å². The molecule has 1 heterocycles. The van der Waals surface area contributed by atoms with E-state index in [9.17, 15) is 4.79 Å². The van der Waals surface area contributed by atoms with Crippen molar-refractivity contribution in [2.45, 2.75) is 18.9 Å². The Labute approximate surface area is 105 Å². The highest BCUT2D eigenvalue weighted by molar-refractivity contribution is 7.80.